The Morgan fingerprint density at radius 2 is 1.35 bits per heavy atom. The lowest BCUT2D eigenvalue weighted by Gasteiger charge is -2.12. The van der Waals surface area contributed by atoms with Crippen molar-refractivity contribution in [2.24, 2.45) is 0 Å². The smallest absolute Gasteiger partial charge is 0.298 e. The van der Waals surface area contributed by atoms with Gasteiger partial charge in [-0.05, 0) is 42.7 Å². The highest BCUT2D eigenvalue weighted by Crippen LogP contribution is 2.34. The maximum Gasteiger partial charge on any atom is 0.298 e. The van der Waals surface area contributed by atoms with Crippen LogP contribution in [0.2, 0.25) is 0 Å². The van der Waals surface area contributed by atoms with E-state index in [9.17, 15) is 18.1 Å². The van der Waals surface area contributed by atoms with Gasteiger partial charge in [0.2, 0.25) is 0 Å². The summed E-state index contributed by atoms with van der Waals surface area (Å²) >= 11 is 0. The summed E-state index contributed by atoms with van der Waals surface area (Å²) in [5.41, 5.74) is 0.841. The van der Waals surface area contributed by atoms with Crippen LogP contribution in [0.3, 0.4) is 0 Å². The second-order valence-electron chi connectivity index (χ2n) is 8.11. The Morgan fingerprint density at radius 3 is 1.94 bits per heavy atom. The third kappa shape index (κ3) is 9.32. The molecule has 0 amide bonds. The predicted molar refractivity (Wildman–Crippen MR) is 125 cm³/mol. The van der Waals surface area contributed by atoms with E-state index in [1.165, 1.54) is 82.1 Å². The van der Waals surface area contributed by atoms with E-state index in [2.05, 4.69) is 6.92 Å². The maximum absolute atomic E-state index is 11.9. The molecule has 0 aliphatic rings. The lowest BCUT2D eigenvalue weighted by atomic mass is 10.0. The number of phenols is 1. The highest BCUT2D eigenvalue weighted by Gasteiger charge is 2.19. The van der Waals surface area contributed by atoms with E-state index in [1.54, 1.807) is 18.2 Å². The maximum atomic E-state index is 11.9. The fraction of sp³-hybridized carbons (Fsp3) is 0.520. The highest BCUT2D eigenvalue weighted by molar-refractivity contribution is 7.86. The van der Waals surface area contributed by atoms with Crippen molar-refractivity contribution in [3.8, 4) is 17.2 Å². The molecule has 0 saturated heterocycles. The first-order valence-electron chi connectivity index (χ1n) is 11.5. The van der Waals surface area contributed by atoms with Crippen molar-refractivity contribution in [1.82, 2.24) is 0 Å². The molecule has 6 heteroatoms. The van der Waals surface area contributed by atoms with E-state index in [0.717, 1.165) is 24.8 Å². The van der Waals surface area contributed by atoms with Crippen LogP contribution in [0.5, 0.6) is 17.2 Å². The van der Waals surface area contributed by atoms with Crippen LogP contribution in [0.4, 0.5) is 0 Å². The lowest BCUT2D eigenvalue weighted by molar-refractivity contribution is 0.402. The van der Waals surface area contributed by atoms with Crippen molar-refractivity contribution in [3.05, 3.63) is 48.0 Å². The van der Waals surface area contributed by atoms with Crippen LogP contribution in [-0.2, 0) is 16.5 Å². The zero-order valence-electron chi connectivity index (χ0n) is 18.6. The van der Waals surface area contributed by atoms with Gasteiger partial charge in [0, 0.05) is 0 Å². The molecular formula is C25H36O5S. The van der Waals surface area contributed by atoms with E-state index in [0.29, 0.717) is 0 Å². The monoisotopic (exact) mass is 448 g/mol. The van der Waals surface area contributed by atoms with E-state index >= 15 is 0 Å². The average Bonchev–Trinajstić information content (AvgIpc) is 2.73. The van der Waals surface area contributed by atoms with Crippen LogP contribution in [0.15, 0.2) is 47.4 Å². The van der Waals surface area contributed by atoms with Crippen LogP contribution in [0.1, 0.15) is 83.1 Å². The summed E-state index contributed by atoms with van der Waals surface area (Å²) < 4.78 is 38.9. The van der Waals surface area contributed by atoms with Gasteiger partial charge in [-0.3, -0.25) is 4.55 Å². The largest absolute Gasteiger partial charge is 0.504 e. The van der Waals surface area contributed by atoms with Gasteiger partial charge >= 0.3 is 0 Å². The number of aryl methyl sites for hydroxylation is 1. The van der Waals surface area contributed by atoms with Crippen LogP contribution in [0, 0.1) is 0 Å². The van der Waals surface area contributed by atoms with E-state index in [1.807, 2.05) is 0 Å². The Bertz CT molecular complexity index is 893. The van der Waals surface area contributed by atoms with Gasteiger partial charge in [-0.2, -0.15) is 8.42 Å². The van der Waals surface area contributed by atoms with Crippen molar-refractivity contribution in [2.75, 3.05) is 0 Å². The number of para-hydroxylation sites is 2. The summed E-state index contributed by atoms with van der Waals surface area (Å²) in [6, 6.07) is 11.1. The van der Waals surface area contributed by atoms with Crippen LogP contribution < -0.4 is 4.74 Å². The Hall–Kier alpha value is -2.05. The summed E-state index contributed by atoms with van der Waals surface area (Å²) in [6.45, 7) is 2.24. The third-order valence-corrected chi connectivity index (χ3v) is 6.32. The standard InChI is InChI=1S/C25H36O5S/c1-2-3-4-5-6-7-8-9-10-11-12-15-21-18-19-24(25(20-21)31(27,28)29)30-23-17-14-13-16-22(23)26/h13-14,16-20,26H,2-12,15H2,1H3,(H,27,28,29). The predicted octanol–water partition coefficient (Wildman–Crippen LogP) is 7.28. The number of hydrogen-bond acceptors (Lipinski definition) is 4. The molecule has 0 unspecified atom stereocenters. The molecule has 0 aliphatic heterocycles. The van der Waals surface area contributed by atoms with Gasteiger partial charge < -0.3 is 9.84 Å². The summed E-state index contributed by atoms with van der Waals surface area (Å²) in [6.07, 6.45) is 14.6. The molecule has 5 nitrogen and oxygen atoms in total. The van der Waals surface area contributed by atoms with Crippen LogP contribution in [-0.4, -0.2) is 18.1 Å². The summed E-state index contributed by atoms with van der Waals surface area (Å²) in [5.74, 6) is 0.0195. The Balaban J connectivity index is 1.80. The molecule has 0 fully saturated rings. The SMILES string of the molecule is CCCCCCCCCCCCCc1ccc(Oc2ccccc2O)c(S(=O)(=O)O)c1. The minimum Gasteiger partial charge on any atom is -0.504 e. The zero-order chi connectivity index (χ0) is 22.5. The van der Waals surface area contributed by atoms with Gasteiger partial charge in [0.15, 0.2) is 11.5 Å². The minimum absolute atomic E-state index is 0.00770. The Labute approximate surface area is 187 Å². The van der Waals surface area contributed by atoms with Crippen molar-refractivity contribution in [2.45, 2.75) is 88.9 Å². The van der Waals surface area contributed by atoms with Gasteiger partial charge in [0.05, 0.1) is 0 Å². The first-order valence-corrected chi connectivity index (χ1v) is 12.9. The van der Waals surface area contributed by atoms with E-state index < -0.39 is 10.1 Å². The first kappa shape index (κ1) is 25.2. The van der Waals surface area contributed by atoms with Crippen LogP contribution in [0.25, 0.3) is 0 Å². The molecule has 0 aliphatic carbocycles. The Kier molecular flexibility index (Phi) is 10.9. The molecule has 31 heavy (non-hydrogen) atoms. The van der Waals surface area contributed by atoms with Crippen molar-refractivity contribution < 1.29 is 22.8 Å². The molecule has 2 N–H and O–H groups in total. The van der Waals surface area contributed by atoms with Gasteiger partial charge in [-0.25, -0.2) is 0 Å². The number of unbranched alkanes of at least 4 members (excludes halogenated alkanes) is 10. The molecule has 0 atom stereocenters. The van der Waals surface area contributed by atoms with E-state index in [4.69, 9.17) is 4.74 Å². The third-order valence-electron chi connectivity index (χ3n) is 5.44. The molecule has 0 saturated carbocycles. The molecule has 0 radical (unpaired) electrons. The molecule has 2 aromatic rings. The summed E-state index contributed by atoms with van der Waals surface area (Å²) in [5, 5.41) is 9.85. The van der Waals surface area contributed by atoms with Crippen molar-refractivity contribution in [3.63, 3.8) is 0 Å². The number of rotatable bonds is 15. The number of phenolic OH excluding ortho intramolecular Hbond substituents is 1. The van der Waals surface area contributed by atoms with Gasteiger partial charge in [0.1, 0.15) is 10.6 Å². The number of aromatic hydroxyl groups is 1. The van der Waals surface area contributed by atoms with Crippen molar-refractivity contribution in [1.29, 1.82) is 0 Å². The normalized spacial score (nSPS) is 11.5. The number of hydrogen-bond donors (Lipinski definition) is 2. The second kappa shape index (κ2) is 13.4. The van der Waals surface area contributed by atoms with Crippen LogP contribution >= 0.6 is 0 Å². The van der Waals surface area contributed by atoms with E-state index in [-0.39, 0.29) is 22.1 Å². The number of ether oxygens (including phenoxy) is 1. The number of benzene rings is 2. The average molecular weight is 449 g/mol. The molecule has 0 spiro atoms. The molecule has 2 rings (SSSR count). The van der Waals surface area contributed by atoms with Gasteiger partial charge in [-0.1, -0.05) is 89.3 Å². The van der Waals surface area contributed by atoms with Crippen molar-refractivity contribution >= 4 is 10.1 Å². The molecule has 2 aromatic carbocycles. The summed E-state index contributed by atoms with van der Waals surface area (Å²) in [4.78, 5) is -0.281. The quantitative estimate of drug-likeness (QED) is 0.221. The molecule has 0 aromatic heterocycles. The zero-order valence-corrected chi connectivity index (χ0v) is 19.4. The molecular weight excluding hydrogens is 412 g/mol. The molecule has 172 valence electrons. The minimum atomic E-state index is -4.45. The Morgan fingerprint density at radius 1 is 0.774 bits per heavy atom. The topological polar surface area (TPSA) is 83.8 Å². The second-order valence-corrected chi connectivity index (χ2v) is 9.50. The molecule has 0 heterocycles. The lowest BCUT2D eigenvalue weighted by Crippen LogP contribution is -2.02. The highest BCUT2D eigenvalue weighted by atomic mass is 32.2. The summed E-state index contributed by atoms with van der Waals surface area (Å²) in [7, 11) is -4.45. The van der Waals surface area contributed by atoms with Gasteiger partial charge in [-0.15, -0.1) is 0 Å². The fourth-order valence-corrected chi connectivity index (χ4v) is 4.31. The molecule has 0 bridgehead atoms. The first-order chi connectivity index (χ1) is 14.9. The fourth-order valence-electron chi connectivity index (χ4n) is 3.65. The van der Waals surface area contributed by atoms with Gasteiger partial charge in [0.25, 0.3) is 10.1 Å².